The molecule has 6 aromatic rings. The van der Waals surface area contributed by atoms with Crippen molar-refractivity contribution in [1.82, 2.24) is 19.9 Å². The Kier molecular flexibility index (Phi) is 7.90. The lowest BCUT2D eigenvalue weighted by atomic mass is 9.83. The van der Waals surface area contributed by atoms with Crippen molar-refractivity contribution in [3.05, 3.63) is 146 Å². The number of hydrogen-bond acceptors (Lipinski definition) is 7. The van der Waals surface area contributed by atoms with Gasteiger partial charge >= 0.3 is 5.97 Å². The second-order valence-electron chi connectivity index (χ2n) is 11.3. The first-order chi connectivity index (χ1) is 23.2. The Hall–Kier alpha value is -5.94. The number of nitrogens with zero attached hydrogens (tertiary/aromatic N) is 4. The van der Waals surface area contributed by atoms with E-state index in [0.29, 0.717) is 28.5 Å². The molecule has 0 bridgehead atoms. The summed E-state index contributed by atoms with van der Waals surface area (Å²) in [4.78, 5) is 53.6. The molecule has 0 spiro atoms. The van der Waals surface area contributed by atoms with Crippen molar-refractivity contribution in [1.29, 1.82) is 0 Å². The van der Waals surface area contributed by atoms with Crippen LogP contribution in [0.3, 0.4) is 0 Å². The number of hydrogen-bond donors (Lipinski definition) is 1. The summed E-state index contributed by atoms with van der Waals surface area (Å²) in [7, 11) is 0. The van der Waals surface area contributed by atoms with E-state index >= 15 is 0 Å². The number of benzene rings is 4. The molecule has 0 saturated heterocycles. The second-order valence-corrected chi connectivity index (χ2v) is 11.7. The van der Waals surface area contributed by atoms with Gasteiger partial charge in [-0.15, -0.1) is 5.10 Å². The third-order valence-corrected chi connectivity index (χ3v) is 8.72. The number of aromatic nitrogens is 3. The predicted octanol–water partition coefficient (Wildman–Crippen LogP) is 6.08. The highest BCUT2D eigenvalue weighted by molar-refractivity contribution is 6.30. The Balaban J connectivity index is 1.29. The molecule has 1 aliphatic heterocycles. The van der Waals surface area contributed by atoms with Crippen LogP contribution in [0.5, 0.6) is 0 Å². The Bertz CT molecular complexity index is 2320. The number of carbonyl (C=O) groups excluding carboxylic acids is 2. The Labute approximate surface area is 276 Å². The Morgan fingerprint density at radius 3 is 2.58 bits per heavy atom. The molecule has 238 valence electrons. The molecule has 1 atom stereocenters. The van der Waals surface area contributed by atoms with Crippen molar-refractivity contribution in [2.24, 2.45) is 0 Å². The number of Topliss-reactive ketones (excluding diaryl/α,β-unsaturated/α-hetero) is 1. The van der Waals surface area contributed by atoms with Crippen molar-refractivity contribution < 1.29 is 28.3 Å². The average Bonchev–Trinajstić information content (AvgIpc) is 3.59. The van der Waals surface area contributed by atoms with Gasteiger partial charge in [-0.2, -0.15) is 0 Å². The Morgan fingerprint density at radius 2 is 1.79 bits per heavy atom. The third kappa shape index (κ3) is 5.54. The van der Waals surface area contributed by atoms with Gasteiger partial charge in [-0.1, -0.05) is 59.3 Å². The number of carbonyl (C=O) groups is 3. The van der Waals surface area contributed by atoms with Gasteiger partial charge in [0.15, 0.2) is 22.7 Å². The van der Waals surface area contributed by atoms with Crippen LogP contribution in [0.25, 0.3) is 27.8 Å². The van der Waals surface area contributed by atoms with Crippen LogP contribution in [0.2, 0.25) is 5.02 Å². The van der Waals surface area contributed by atoms with Crippen LogP contribution in [-0.2, 0) is 17.6 Å². The van der Waals surface area contributed by atoms with Gasteiger partial charge in [-0.05, 0) is 70.6 Å². The summed E-state index contributed by atoms with van der Waals surface area (Å²) in [5.74, 6) is -2.70. The van der Waals surface area contributed by atoms with Gasteiger partial charge in [0.05, 0.1) is 28.4 Å². The van der Waals surface area contributed by atoms with Gasteiger partial charge in [-0.3, -0.25) is 14.4 Å². The van der Waals surface area contributed by atoms with Crippen LogP contribution in [0.1, 0.15) is 43.6 Å². The van der Waals surface area contributed by atoms with Crippen molar-refractivity contribution in [2.75, 3.05) is 6.54 Å². The van der Waals surface area contributed by atoms with E-state index in [-0.39, 0.29) is 46.1 Å². The molecule has 7 rings (SSSR count). The van der Waals surface area contributed by atoms with Crippen LogP contribution in [-0.4, -0.2) is 49.2 Å². The maximum atomic E-state index is 14.7. The van der Waals surface area contributed by atoms with E-state index in [4.69, 9.17) is 16.0 Å². The number of carboxylic acid groups (broad SMARTS) is 1. The summed E-state index contributed by atoms with van der Waals surface area (Å²) < 4.78 is 21.3. The maximum Gasteiger partial charge on any atom is 0.335 e. The number of halogens is 2. The van der Waals surface area contributed by atoms with E-state index < -0.39 is 23.7 Å². The van der Waals surface area contributed by atoms with Crippen LogP contribution in [0.15, 0.2) is 107 Å². The molecule has 12 heteroatoms. The summed E-state index contributed by atoms with van der Waals surface area (Å²) in [6.45, 7) is 0.144. The number of aromatic carboxylic acids is 1. The number of fused-ring (bicyclic) bond motifs is 2. The summed E-state index contributed by atoms with van der Waals surface area (Å²) in [5, 5.41) is 17.6. The van der Waals surface area contributed by atoms with Crippen molar-refractivity contribution >= 4 is 40.2 Å². The highest BCUT2D eigenvalue weighted by Crippen LogP contribution is 2.38. The zero-order valence-electron chi connectivity index (χ0n) is 25.0. The molecule has 1 unspecified atom stereocenters. The van der Waals surface area contributed by atoms with E-state index in [1.165, 1.54) is 47.7 Å². The van der Waals surface area contributed by atoms with Crippen LogP contribution in [0, 0.1) is 5.82 Å². The molecule has 0 aliphatic carbocycles. The summed E-state index contributed by atoms with van der Waals surface area (Å²) in [6.07, 6.45) is 2.92. The van der Waals surface area contributed by atoms with E-state index in [2.05, 4.69) is 10.3 Å². The van der Waals surface area contributed by atoms with Crippen LogP contribution in [0.4, 0.5) is 4.39 Å². The lowest BCUT2D eigenvalue weighted by Crippen LogP contribution is -2.44. The monoisotopic (exact) mass is 662 g/mol. The first kappa shape index (κ1) is 30.7. The molecule has 2 aromatic heterocycles. The van der Waals surface area contributed by atoms with Gasteiger partial charge in [0.2, 0.25) is 0 Å². The lowest BCUT2D eigenvalue weighted by Gasteiger charge is -2.37. The van der Waals surface area contributed by atoms with E-state index in [0.717, 1.165) is 21.4 Å². The van der Waals surface area contributed by atoms with Gasteiger partial charge in [-0.25, -0.2) is 13.9 Å². The average molecular weight is 663 g/mol. The Morgan fingerprint density at radius 1 is 1.00 bits per heavy atom. The summed E-state index contributed by atoms with van der Waals surface area (Å²) in [6, 6.07) is 21.5. The molecule has 1 N–H and O–H groups in total. The second kappa shape index (κ2) is 12.3. The topological polar surface area (TPSA) is 136 Å². The fourth-order valence-electron chi connectivity index (χ4n) is 6.12. The molecule has 4 aromatic carbocycles. The SMILES string of the molecule is O=C(O)c1ccc(CC(=O)C2c3cccc(-c4ccc5occc(=O)c5c4)c3CCN2C(=O)c2cn(-c3cccc(Cl)c3F)nn2)cc1. The first-order valence-corrected chi connectivity index (χ1v) is 15.2. The van der Waals surface area contributed by atoms with Crippen molar-refractivity contribution in [3.63, 3.8) is 0 Å². The number of carboxylic acids is 1. The molecule has 0 fully saturated rings. The van der Waals surface area contributed by atoms with E-state index in [1.54, 1.807) is 42.5 Å². The first-order valence-electron chi connectivity index (χ1n) is 14.9. The van der Waals surface area contributed by atoms with E-state index in [1.807, 2.05) is 12.1 Å². The molecular weight excluding hydrogens is 639 g/mol. The van der Waals surface area contributed by atoms with Gasteiger partial charge in [0, 0.05) is 19.0 Å². The molecular formula is C36H24ClFN4O6. The number of rotatable bonds is 7. The standard InChI is InChI=1S/C36H24ClFN4O6/c37-27-5-2-6-29(33(27)38)42-19-28(39-40-42)35(45)41-15-13-24-23(22-11-12-32-26(18-22)30(43)14-16-48-32)3-1-4-25(24)34(41)31(44)17-20-7-9-21(10-8-20)36(46)47/h1-12,14,16,18-19,34H,13,15,17H2,(H,46,47). The van der Waals surface area contributed by atoms with Crippen molar-refractivity contribution in [3.8, 4) is 16.8 Å². The molecule has 48 heavy (non-hydrogen) atoms. The van der Waals surface area contributed by atoms with Gasteiger partial charge in [0.25, 0.3) is 5.91 Å². The fourth-order valence-corrected chi connectivity index (χ4v) is 6.29. The molecule has 0 saturated carbocycles. The minimum absolute atomic E-state index is 0.00420. The smallest absolute Gasteiger partial charge is 0.335 e. The number of amides is 1. The number of ketones is 1. The highest BCUT2D eigenvalue weighted by atomic mass is 35.5. The molecule has 1 amide bonds. The molecule has 0 radical (unpaired) electrons. The normalized spacial score (nSPS) is 14.1. The van der Waals surface area contributed by atoms with Crippen molar-refractivity contribution in [2.45, 2.75) is 18.9 Å². The highest BCUT2D eigenvalue weighted by Gasteiger charge is 2.38. The van der Waals surface area contributed by atoms with Crippen LogP contribution >= 0.6 is 11.6 Å². The van der Waals surface area contributed by atoms with Gasteiger partial charge in [0.1, 0.15) is 17.3 Å². The molecule has 3 heterocycles. The fraction of sp³-hybridized carbons (Fsp3) is 0.111. The third-order valence-electron chi connectivity index (χ3n) is 8.43. The minimum Gasteiger partial charge on any atom is -0.478 e. The molecule has 1 aliphatic rings. The van der Waals surface area contributed by atoms with E-state index in [9.17, 15) is 28.7 Å². The molecule has 10 nitrogen and oxygen atoms in total. The minimum atomic E-state index is -1.09. The van der Waals surface area contributed by atoms with Crippen LogP contribution < -0.4 is 5.43 Å². The quantitative estimate of drug-likeness (QED) is 0.217. The maximum absolute atomic E-state index is 14.7. The zero-order chi connectivity index (χ0) is 33.5. The summed E-state index contributed by atoms with van der Waals surface area (Å²) in [5.41, 5.74) is 3.81. The largest absolute Gasteiger partial charge is 0.478 e. The predicted molar refractivity (Wildman–Crippen MR) is 174 cm³/mol. The lowest BCUT2D eigenvalue weighted by molar-refractivity contribution is -0.123. The zero-order valence-corrected chi connectivity index (χ0v) is 25.7. The summed E-state index contributed by atoms with van der Waals surface area (Å²) >= 11 is 5.94. The van der Waals surface area contributed by atoms with Gasteiger partial charge < -0.3 is 14.4 Å².